The zero-order valence-corrected chi connectivity index (χ0v) is 11.6. The molecule has 0 aliphatic heterocycles. The van der Waals surface area contributed by atoms with Crippen LogP contribution in [0.5, 0.6) is 0 Å². The number of carboxylic acids is 1. The summed E-state index contributed by atoms with van der Waals surface area (Å²) in [5.41, 5.74) is 0.639. The summed E-state index contributed by atoms with van der Waals surface area (Å²) < 4.78 is 16.8. The van der Waals surface area contributed by atoms with Crippen LogP contribution in [0.15, 0.2) is 24.3 Å². The first kappa shape index (κ1) is 14.1. The van der Waals surface area contributed by atoms with Gasteiger partial charge in [-0.3, -0.25) is 4.79 Å². The van der Waals surface area contributed by atoms with Gasteiger partial charge in [-0.25, -0.2) is 9.18 Å². The molecule has 0 unspecified atom stereocenters. The van der Waals surface area contributed by atoms with E-state index in [2.05, 4.69) is 4.37 Å². The SMILES string of the molecule is Cc1nsc(N(C)C(=O)c2ccc(F)cc2)c1C(=O)O. The Bertz CT molecular complexity index is 667. The first-order chi connectivity index (χ1) is 9.41. The van der Waals surface area contributed by atoms with Crippen molar-refractivity contribution in [3.05, 3.63) is 46.9 Å². The third kappa shape index (κ3) is 2.53. The van der Waals surface area contributed by atoms with Crippen LogP contribution in [0.25, 0.3) is 0 Å². The van der Waals surface area contributed by atoms with Gasteiger partial charge in [-0.05, 0) is 42.7 Å². The Morgan fingerprint density at radius 1 is 1.30 bits per heavy atom. The van der Waals surface area contributed by atoms with E-state index in [9.17, 15) is 14.0 Å². The quantitative estimate of drug-likeness (QED) is 0.944. The van der Waals surface area contributed by atoms with Crippen molar-refractivity contribution in [1.29, 1.82) is 0 Å². The molecule has 0 fully saturated rings. The minimum absolute atomic E-state index is 0.00737. The van der Waals surface area contributed by atoms with E-state index in [4.69, 9.17) is 5.11 Å². The fourth-order valence-electron chi connectivity index (χ4n) is 1.71. The van der Waals surface area contributed by atoms with Crippen molar-refractivity contribution in [2.24, 2.45) is 0 Å². The Labute approximate surface area is 118 Å². The fourth-order valence-corrected chi connectivity index (χ4v) is 2.56. The smallest absolute Gasteiger partial charge is 0.340 e. The zero-order chi connectivity index (χ0) is 14.9. The van der Waals surface area contributed by atoms with E-state index in [1.54, 1.807) is 6.92 Å². The van der Waals surface area contributed by atoms with Gasteiger partial charge in [0.2, 0.25) is 0 Å². The second-order valence-corrected chi connectivity index (χ2v) is 4.88. The molecule has 0 aliphatic rings. The molecule has 1 amide bonds. The van der Waals surface area contributed by atoms with Gasteiger partial charge in [0.05, 0.1) is 5.69 Å². The summed E-state index contributed by atoms with van der Waals surface area (Å²) in [7, 11) is 1.46. The second kappa shape index (κ2) is 5.38. The zero-order valence-electron chi connectivity index (χ0n) is 10.8. The number of anilines is 1. The predicted octanol–water partition coefficient (Wildman–Crippen LogP) is 2.57. The van der Waals surface area contributed by atoms with Crippen LogP contribution in [0, 0.1) is 12.7 Å². The Balaban J connectivity index is 2.36. The number of nitrogens with zero attached hydrogens (tertiary/aromatic N) is 2. The number of carbonyl (C=O) groups excluding carboxylic acids is 1. The van der Waals surface area contributed by atoms with Crippen LogP contribution in [-0.4, -0.2) is 28.4 Å². The lowest BCUT2D eigenvalue weighted by atomic mass is 10.2. The lowest BCUT2D eigenvalue weighted by Crippen LogP contribution is -2.27. The molecule has 1 aromatic heterocycles. The van der Waals surface area contributed by atoms with Crippen LogP contribution >= 0.6 is 11.5 Å². The van der Waals surface area contributed by atoms with Crippen molar-refractivity contribution in [3.63, 3.8) is 0 Å². The number of aromatic nitrogens is 1. The summed E-state index contributed by atoms with van der Waals surface area (Å²) in [4.78, 5) is 24.6. The maximum atomic E-state index is 12.8. The number of rotatable bonds is 3. The molecular weight excluding hydrogens is 283 g/mol. The van der Waals surface area contributed by atoms with Crippen molar-refractivity contribution in [3.8, 4) is 0 Å². The molecule has 0 spiro atoms. The van der Waals surface area contributed by atoms with Crippen LogP contribution in [0.3, 0.4) is 0 Å². The van der Waals surface area contributed by atoms with Gasteiger partial charge in [-0.15, -0.1) is 0 Å². The van der Waals surface area contributed by atoms with Crippen LogP contribution in [0.1, 0.15) is 26.4 Å². The van der Waals surface area contributed by atoms with Gasteiger partial charge < -0.3 is 10.0 Å². The lowest BCUT2D eigenvalue weighted by Gasteiger charge is -2.15. The molecule has 0 bridgehead atoms. The predicted molar refractivity (Wildman–Crippen MR) is 72.9 cm³/mol. The summed E-state index contributed by atoms with van der Waals surface area (Å²) in [6.07, 6.45) is 0. The van der Waals surface area contributed by atoms with Crippen molar-refractivity contribution < 1.29 is 19.1 Å². The van der Waals surface area contributed by atoms with Crippen molar-refractivity contribution >= 4 is 28.4 Å². The summed E-state index contributed by atoms with van der Waals surface area (Å²) in [6.45, 7) is 1.57. The molecule has 1 aromatic carbocycles. The van der Waals surface area contributed by atoms with E-state index in [1.165, 1.54) is 36.2 Å². The van der Waals surface area contributed by atoms with Gasteiger partial charge in [0.1, 0.15) is 16.4 Å². The van der Waals surface area contributed by atoms with Crippen LogP contribution in [-0.2, 0) is 0 Å². The van der Waals surface area contributed by atoms with Gasteiger partial charge in [0.15, 0.2) is 0 Å². The summed E-state index contributed by atoms with van der Waals surface area (Å²) in [6, 6.07) is 5.05. The molecule has 0 radical (unpaired) electrons. The number of amides is 1. The van der Waals surface area contributed by atoms with Gasteiger partial charge >= 0.3 is 5.97 Å². The molecular formula is C13H11FN2O3S. The Morgan fingerprint density at radius 2 is 1.90 bits per heavy atom. The Hall–Kier alpha value is -2.28. The number of hydrogen-bond donors (Lipinski definition) is 1. The van der Waals surface area contributed by atoms with E-state index in [1.807, 2.05) is 0 Å². The maximum Gasteiger partial charge on any atom is 0.340 e. The van der Waals surface area contributed by atoms with E-state index in [0.29, 0.717) is 5.69 Å². The van der Waals surface area contributed by atoms with Gasteiger partial charge in [0.25, 0.3) is 5.91 Å². The topological polar surface area (TPSA) is 70.5 Å². The third-order valence-electron chi connectivity index (χ3n) is 2.76. The number of halogens is 1. The monoisotopic (exact) mass is 294 g/mol. The summed E-state index contributed by atoms with van der Waals surface area (Å²) in [5.74, 6) is -2.00. The molecule has 0 aliphatic carbocycles. The molecule has 7 heteroatoms. The average Bonchev–Trinajstić information content (AvgIpc) is 2.80. The number of carboxylic acid groups (broad SMARTS) is 1. The minimum atomic E-state index is -1.13. The highest BCUT2D eigenvalue weighted by atomic mass is 32.1. The molecule has 2 aromatic rings. The Kier molecular flexibility index (Phi) is 3.80. The molecule has 0 saturated heterocycles. The molecule has 5 nitrogen and oxygen atoms in total. The Morgan fingerprint density at radius 3 is 2.45 bits per heavy atom. The number of carbonyl (C=O) groups is 2. The highest BCUT2D eigenvalue weighted by Gasteiger charge is 2.24. The number of benzene rings is 1. The van der Waals surface area contributed by atoms with Gasteiger partial charge in [-0.1, -0.05) is 0 Å². The number of hydrogen-bond acceptors (Lipinski definition) is 4. The van der Waals surface area contributed by atoms with Crippen LogP contribution in [0.4, 0.5) is 9.39 Å². The molecule has 0 atom stereocenters. The molecule has 1 N–H and O–H groups in total. The van der Waals surface area contributed by atoms with Crippen LogP contribution in [0.2, 0.25) is 0 Å². The molecule has 1 heterocycles. The summed E-state index contributed by atoms with van der Waals surface area (Å²) >= 11 is 0.939. The minimum Gasteiger partial charge on any atom is -0.478 e. The molecule has 104 valence electrons. The lowest BCUT2D eigenvalue weighted by molar-refractivity contribution is 0.0697. The average molecular weight is 294 g/mol. The van der Waals surface area contributed by atoms with E-state index >= 15 is 0 Å². The number of aryl methyl sites for hydroxylation is 1. The first-order valence-electron chi connectivity index (χ1n) is 5.65. The first-order valence-corrected chi connectivity index (χ1v) is 6.42. The van der Waals surface area contributed by atoms with E-state index in [-0.39, 0.29) is 16.1 Å². The molecule has 0 saturated carbocycles. The maximum absolute atomic E-state index is 12.8. The van der Waals surface area contributed by atoms with Crippen molar-refractivity contribution in [2.45, 2.75) is 6.92 Å². The van der Waals surface area contributed by atoms with Gasteiger partial charge in [-0.2, -0.15) is 4.37 Å². The van der Waals surface area contributed by atoms with Crippen molar-refractivity contribution in [1.82, 2.24) is 4.37 Å². The standard InChI is InChI=1S/C13H11FN2O3S/c1-7-10(13(18)19)12(20-15-7)16(2)11(17)8-3-5-9(14)6-4-8/h3-6H,1-2H3,(H,18,19). The van der Waals surface area contributed by atoms with Crippen molar-refractivity contribution in [2.75, 3.05) is 11.9 Å². The second-order valence-electron chi connectivity index (χ2n) is 4.12. The molecule has 2 rings (SSSR count). The number of aromatic carboxylic acids is 1. The van der Waals surface area contributed by atoms with E-state index in [0.717, 1.165) is 11.5 Å². The third-order valence-corrected chi connectivity index (χ3v) is 3.78. The van der Waals surface area contributed by atoms with Crippen LogP contribution < -0.4 is 4.90 Å². The highest BCUT2D eigenvalue weighted by Crippen LogP contribution is 2.28. The molecule has 20 heavy (non-hydrogen) atoms. The summed E-state index contributed by atoms with van der Waals surface area (Å²) in [5, 5.41) is 9.41. The van der Waals surface area contributed by atoms with E-state index < -0.39 is 17.7 Å². The normalized spacial score (nSPS) is 10.3. The highest BCUT2D eigenvalue weighted by molar-refractivity contribution is 7.11. The fraction of sp³-hybridized carbons (Fsp3) is 0.154. The largest absolute Gasteiger partial charge is 0.478 e. The van der Waals surface area contributed by atoms with Gasteiger partial charge in [0, 0.05) is 12.6 Å².